The third-order valence-electron chi connectivity index (χ3n) is 5.69. The maximum atomic E-state index is 13.1. The Morgan fingerprint density at radius 2 is 1.60 bits per heavy atom. The number of thiazole rings is 1. The van der Waals surface area contributed by atoms with E-state index in [4.69, 9.17) is 4.74 Å². The van der Waals surface area contributed by atoms with Gasteiger partial charge in [-0.15, -0.1) is 0 Å². The molecule has 0 spiro atoms. The molecule has 3 aromatic rings. The van der Waals surface area contributed by atoms with Crippen molar-refractivity contribution in [3.8, 4) is 0 Å². The first-order valence-corrected chi connectivity index (χ1v) is 13.9. The number of benzene rings is 2. The largest absolute Gasteiger partial charge is 0.465 e. The van der Waals surface area contributed by atoms with Gasteiger partial charge in [-0.25, -0.2) is 13.2 Å². The van der Waals surface area contributed by atoms with Gasteiger partial charge in [0.1, 0.15) is 0 Å². The van der Waals surface area contributed by atoms with Gasteiger partial charge in [0.15, 0.2) is 4.80 Å². The van der Waals surface area contributed by atoms with Crippen molar-refractivity contribution in [2.45, 2.75) is 44.4 Å². The number of aryl methyl sites for hydroxylation is 1. The smallest absolute Gasteiger partial charge is 0.337 e. The van der Waals surface area contributed by atoms with Crippen LogP contribution >= 0.6 is 11.3 Å². The monoisotopic (exact) mass is 517 g/mol. The van der Waals surface area contributed by atoms with E-state index in [1.54, 1.807) is 29.8 Å². The molecule has 35 heavy (non-hydrogen) atoms. The molecule has 0 aliphatic heterocycles. The molecule has 0 fully saturated rings. The highest BCUT2D eigenvalue weighted by atomic mass is 32.2. The number of carbonyl (C=O) groups excluding carboxylic acids is 2. The number of rotatable bonds is 10. The Morgan fingerprint density at radius 1 is 1.00 bits per heavy atom. The Balaban J connectivity index is 1.88. The van der Waals surface area contributed by atoms with Gasteiger partial charge >= 0.3 is 5.97 Å². The van der Waals surface area contributed by atoms with Gasteiger partial charge in [0, 0.05) is 25.7 Å². The summed E-state index contributed by atoms with van der Waals surface area (Å²) in [6.45, 7) is 5.02. The standard InChI is InChI=1S/C25H31N3O5S2/c1-5-7-15-28(16-8-6-2)35(31,32)20-12-9-18(10-13-20)23(29)26-25-27(3)21-14-11-19(24(30)33-4)17-22(21)34-25/h9-14,17H,5-8,15-16H2,1-4H3. The minimum absolute atomic E-state index is 0.170. The number of hydrogen-bond acceptors (Lipinski definition) is 6. The normalized spacial score (nSPS) is 12.4. The average molecular weight is 518 g/mol. The van der Waals surface area contributed by atoms with Gasteiger partial charge in [-0.3, -0.25) is 4.79 Å². The number of methoxy groups -OCH3 is 1. The van der Waals surface area contributed by atoms with E-state index in [0.717, 1.165) is 35.9 Å². The summed E-state index contributed by atoms with van der Waals surface area (Å²) >= 11 is 1.28. The fourth-order valence-corrected chi connectivity index (χ4v) is 6.15. The van der Waals surface area contributed by atoms with E-state index in [2.05, 4.69) is 4.99 Å². The summed E-state index contributed by atoms with van der Waals surface area (Å²) in [4.78, 5) is 29.5. The highest BCUT2D eigenvalue weighted by Gasteiger charge is 2.23. The lowest BCUT2D eigenvalue weighted by Gasteiger charge is -2.22. The first-order valence-electron chi connectivity index (χ1n) is 11.6. The van der Waals surface area contributed by atoms with Gasteiger partial charge in [-0.1, -0.05) is 38.0 Å². The Morgan fingerprint density at radius 3 is 2.17 bits per heavy atom. The molecule has 10 heteroatoms. The van der Waals surface area contributed by atoms with Crippen molar-refractivity contribution in [2.24, 2.45) is 12.0 Å². The Labute approximate surface area is 209 Å². The highest BCUT2D eigenvalue weighted by molar-refractivity contribution is 7.89. The van der Waals surface area contributed by atoms with Crippen LogP contribution in [0.5, 0.6) is 0 Å². The van der Waals surface area contributed by atoms with Crippen LogP contribution in [0.25, 0.3) is 10.2 Å². The second-order valence-corrected chi connectivity index (χ2v) is 11.1. The molecular weight excluding hydrogens is 486 g/mol. The van der Waals surface area contributed by atoms with Gasteiger partial charge in [0.2, 0.25) is 10.0 Å². The fourth-order valence-electron chi connectivity index (χ4n) is 3.58. The second-order valence-electron chi connectivity index (χ2n) is 8.17. The van der Waals surface area contributed by atoms with Gasteiger partial charge < -0.3 is 9.30 Å². The highest BCUT2D eigenvalue weighted by Crippen LogP contribution is 2.20. The fraction of sp³-hybridized carbons (Fsp3) is 0.400. The molecule has 188 valence electrons. The van der Waals surface area contributed by atoms with Gasteiger partial charge in [0.25, 0.3) is 5.91 Å². The topological polar surface area (TPSA) is 98.0 Å². The maximum absolute atomic E-state index is 13.1. The summed E-state index contributed by atoms with van der Waals surface area (Å²) in [5, 5.41) is 0. The van der Waals surface area contributed by atoms with Crippen LogP contribution in [0.15, 0.2) is 52.4 Å². The lowest BCUT2D eigenvalue weighted by atomic mass is 10.2. The molecule has 0 radical (unpaired) electrons. The maximum Gasteiger partial charge on any atom is 0.337 e. The zero-order valence-electron chi connectivity index (χ0n) is 20.5. The van der Waals surface area contributed by atoms with Gasteiger partial charge in [-0.2, -0.15) is 9.30 Å². The Bertz CT molecular complexity index is 1360. The molecule has 0 N–H and O–H groups in total. The van der Waals surface area contributed by atoms with Crippen molar-refractivity contribution in [3.05, 3.63) is 58.4 Å². The third-order valence-corrected chi connectivity index (χ3v) is 8.70. The van der Waals surface area contributed by atoms with Crippen LogP contribution in [0.1, 0.15) is 60.2 Å². The van der Waals surface area contributed by atoms with E-state index in [0.29, 0.717) is 29.0 Å². The number of esters is 1. The number of unbranched alkanes of at least 4 members (excludes halogenated alkanes) is 2. The second kappa shape index (κ2) is 11.7. The number of hydrogen-bond donors (Lipinski definition) is 0. The summed E-state index contributed by atoms with van der Waals surface area (Å²) < 4.78 is 35.1. The predicted molar refractivity (Wildman–Crippen MR) is 137 cm³/mol. The molecule has 0 saturated carbocycles. The molecular formula is C25H31N3O5S2. The van der Waals surface area contributed by atoms with Crippen LogP contribution in [0.4, 0.5) is 0 Å². The molecule has 3 rings (SSSR count). The van der Waals surface area contributed by atoms with Crippen LogP contribution in [0.2, 0.25) is 0 Å². The lowest BCUT2D eigenvalue weighted by molar-refractivity contribution is 0.0600. The third kappa shape index (κ3) is 6.06. The summed E-state index contributed by atoms with van der Waals surface area (Å²) in [5.41, 5.74) is 1.55. The first kappa shape index (κ1) is 26.8. The minimum Gasteiger partial charge on any atom is -0.465 e. The molecule has 0 unspecified atom stereocenters. The van der Waals surface area contributed by atoms with E-state index in [9.17, 15) is 18.0 Å². The zero-order chi connectivity index (χ0) is 25.6. The van der Waals surface area contributed by atoms with Gasteiger partial charge in [0.05, 0.1) is 27.8 Å². The van der Waals surface area contributed by atoms with Crippen molar-refractivity contribution in [3.63, 3.8) is 0 Å². The number of aromatic nitrogens is 1. The summed E-state index contributed by atoms with van der Waals surface area (Å²) in [5.74, 6) is -0.909. The van der Waals surface area contributed by atoms with Crippen LogP contribution in [0, 0.1) is 0 Å². The van der Waals surface area contributed by atoms with E-state index < -0.39 is 21.9 Å². The van der Waals surface area contributed by atoms with E-state index in [-0.39, 0.29) is 4.90 Å². The number of amides is 1. The van der Waals surface area contributed by atoms with E-state index >= 15 is 0 Å². The molecule has 2 aromatic carbocycles. The van der Waals surface area contributed by atoms with Crippen LogP contribution < -0.4 is 4.80 Å². The molecule has 1 aromatic heterocycles. The zero-order valence-corrected chi connectivity index (χ0v) is 22.1. The van der Waals surface area contributed by atoms with E-state index in [1.807, 2.05) is 13.8 Å². The van der Waals surface area contributed by atoms with Crippen molar-refractivity contribution in [1.29, 1.82) is 0 Å². The molecule has 1 heterocycles. The predicted octanol–water partition coefficient (Wildman–Crippen LogP) is 4.36. The number of carbonyl (C=O) groups is 2. The molecule has 0 bridgehead atoms. The van der Waals surface area contributed by atoms with Gasteiger partial charge in [-0.05, 0) is 55.3 Å². The summed E-state index contributed by atoms with van der Waals surface area (Å²) in [7, 11) is -0.517. The molecule has 1 amide bonds. The molecule has 0 atom stereocenters. The van der Waals surface area contributed by atoms with Crippen LogP contribution in [-0.4, -0.2) is 49.4 Å². The number of fused-ring (bicyclic) bond motifs is 1. The number of sulfonamides is 1. The Kier molecular flexibility index (Phi) is 8.98. The first-order chi connectivity index (χ1) is 16.7. The van der Waals surface area contributed by atoms with Crippen molar-refractivity contribution in [1.82, 2.24) is 8.87 Å². The number of nitrogens with zero attached hydrogens (tertiary/aromatic N) is 3. The summed E-state index contributed by atoms with van der Waals surface area (Å²) in [6.07, 6.45) is 3.41. The quantitative estimate of drug-likeness (QED) is 0.372. The van der Waals surface area contributed by atoms with Crippen molar-refractivity contribution >= 4 is 43.5 Å². The van der Waals surface area contributed by atoms with E-state index in [1.165, 1.54) is 47.0 Å². The Hall–Kier alpha value is -2.82. The number of ether oxygens (including phenoxy) is 1. The molecule has 0 aliphatic rings. The lowest BCUT2D eigenvalue weighted by Crippen LogP contribution is -2.33. The molecule has 0 aliphatic carbocycles. The van der Waals surface area contributed by atoms with Crippen molar-refractivity contribution in [2.75, 3.05) is 20.2 Å². The SMILES string of the molecule is CCCCN(CCCC)S(=O)(=O)c1ccc(C(=O)N=c2sc3cc(C(=O)OC)ccc3n2C)cc1. The van der Waals surface area contributed by atoms with Crippen LogP contribution in [0.3, 0.4) is 0 Å². The van der Waals surface area contributed by atoms with Crippen molar-refractivity contribution < 1.29 is 22.7 Å². The molecule has 8 nitrogen and oxygen atoms in total. The average Bonchev–Trinajstić information content (AvgIpc) is 3.17. The summed E-state index contributed by atoms with van der Waals surface area (Å²) in [6, 6.07) is 11.1. The minimum atomic E-state index is -3.63. The molecule has 0 saturated heterocycles. The van der Waals surface area contributed by atoms with Crippen LogP contribution in [-0.2, 0) is 21.8 Å².